The Kier molecular flexibility index (Phi) is 15.5. The Morgan fingerprint density at radius 1 is 1.04 bits per heavy atom. The molecule has 0 aliphatic heterocycles. The van der Waals surface area contributed by atoms with Gasteiger partial charge in [-0.1, -0.05) is 70.6 Å². The highest BCUT2D eigenvalue weighted by atomic mass is 31.3. The summed E-state index contributed by atoms with van der Waals surface area (Å²) < 4.78 is 77.7. The molecular weight excluding hydrogens is 814 g/mol. The number of fused-ring (bicyclic) bond motifs is 5. The highest BCUT2D eigenvalue weighted by Crippen LogP contribution is 2.71. The highest BCUT2D eigenvalue weighted by Gasteiger charge is 2.75. The van der Waals surface area contributed by atoms with Gasteiger partial charge >= 0.3 is 23.5 Å². The van der Waals surface area contributed by atoms with E-state index in [9.17, 15) is 53.0 Å². The molecule has 3 fully saturated rings. The van der Waals surface area contributed by atoms with Crippen molar-refractivity contribution in [2.45, 2.75) is 115 Å². The van der Waals surface area contributed by atoms with Gasteiger partial charge in [-0.2, -0.15) is 8.62 Å². The fourth-order valence-corrected chi connectivity index (χ4v) is 13.0. The number of amides is 1. The van der Waals surface area contributed by atoms with Gasteiger partial charge in [-0.05, 0) is 63.0 Å². The van der Waals surface area contributed by atoms with Crippen LogP contribution in [0.4, 0.5) is 4.39 Å². The van der Waals surface area contributed by atoms with E-state index in [0.717, 1.165) is 32.1 Å². The number of phosphoric acid groups is 3. The number of carbonyl (C=O) groups is 3. The van der Waals surface area contributed by atoms with E-state index in [4.69, 9.17) is 4.74 Å². The maximum absolute atomic E-state index is 17.4. The molecule has 6 N–H and O–H groups in total. The number of nitrogens with one attached hydrogen (secondary N) is 1. The quantitative estimate of drug-likeness (QED) is 0.0457. The van der Waals surface area contributed by atoms with Crippen molar-refractivity contribution < 1.29 is 79.8 Å². The molecule has 4 unspecified atom stereocenters. The topological polar surface area (TPSA) is 262 Å². The molecule has 0 aromatic heterocycles. The predicted octanol–water partition coefficient (Wildman–Crippen LogP) is 5.32. The van der Waals surface area contributed by atoms with E-state index in [-0.39, 0.29) is 37.9 Å². The fraction of sp³-hybridized carbons (Fsp3) is 0.750. The lowest BCUT2D eigenvalue weighted by molar-refractivity contribution is -0.219. The Morgan fingerprint density at radius 2 is 1.68 bits per heavy atom. The number of halogens is 1. The fourth-order valence-electron chi connectivity index (χ4n) is 9.52. The molecule has 0 aromatic carbocycles. The Labute approximate surface area is 332 Å². The smallest absolute Gasteiger partial charge is 0.390 e. The van der Waals surface area contributed by atoms with Crippen LogP contribution in [-0.2, 0) is 50.5 Å². The van der Waals surface area contributed by atoms with E-state index >= 15 is 4.39 Å². The normalized spacial score (nSPS) is 35.7. The lowest BCUT2D eigenvalue weighted by Gasteiger charge is -2.62. The van der Waals surface area contributed by atoms with Crippen molar-refractivity contribution in [3.63, 3.8) is 0 Å². The SMILES string of the molecule is C=CC(CCCCCCC)OCC(=O)NCCOP(=O)(O)OP(=O)(O)OP(=O)(O)OCC(=O)[C@@]1(O)[C@H](C)C[C@H]2[C@@H]3CCC4=CC(=O)C=C[C@]4(C)[C@@]3(F)[C@@H](O)C[C@@]21C. The molecule has 1 amide bonds. The summed E-state index contributed by atoms with van der Waals surface area (Å²) in [5, 5.41) is 25.9. The van der Waals surface area contributed by atoms with Crippen LogP contribution in [0.15, 0.2) is 36.5 Å². The zero-order valence-corrected chi connectivity index (χ0v) is 35.4. The number of Topliss-reactive ketones (excluding diaryl/α,β-unsaturated/α-hetero) is 1. The van der Waals surface area contributed by atoms with E-state index in [1.165, 1.54) is 32.1 Å². The number of ether oxygens (including phenoxy) is 1. The Bertz CT molecular complexity index is 1740. The second-order valence-corrected chi connectivity index (χ2v) is 20.5. The summed E-state index contributed by atoms with van der Waals surface area (Å²) in [4.78, 5) is 68.0. The maximum Gasteiger partial charge on any atom is 0.490 e. The second-order valence-electron chi connectivity index (χ2n) is 15.9. The first-order valence-electron chi connectivity index (χ1n) is 19.2. The number of allylic oxidation sites excluding steroid dienone is 4. The van der Waals surface area contributed by atoms with Crippen molar-refractivity contribution in [3.8, 4) is 0 Å². The molecule has 4 rings (SSSR count). The molecule has 0 aromatic rings. The van der Waals surface area contributed by atoms with Crippen molar-refractivity contribution in [1.82, 2.24) is 5.32 Å². The third-order valence-electron chi connectivity index (χ3n) is 12.4. The summed E-state index contributed by atoms with van der Waals surface area (Å²) in [6, 6.07) is 0. The van der Waals surface area contributed by atoms with Gasteiger partial charge in [0.25, 0.3) is 0 Å². The second kappa shape index (κ2) is 18.5. The van der Waals surface area contributed by atoms with E-state index in [2.05, 4.69) is 36.5 Å². The van der Waals surface area contributed by atoms with Gasteiger partial charge in [-0.25, -0.2) is 18.1 Å². The monoisotopic (exact) mass is 871 g/mol. The molecular formula is C36H57FNO16P3. The van der Waals surface area contributed by atoms with E-state index in [1.54, 1.807) is 13.0 Å². The van der Waals surface area contributed by atoms with Crippen LogP contribution in [0.1, 0.15) is 91.9 Å². The standard InChI is InChI=1S/C36H57FNO16P3/c1-6-8-9-10-11-12-27(7-2)50-23-32(42)38-17-18-51-55(44,45)53-57(48,49)54-56(46,47)52-22-31(41)36(43)24(3)19-29-28-14-13-25-20-26(39)15-16-33(25,4)35(28,37)30(40)21-34(29,36)5/h7,15-16,20,24,27-30,40,43H,2,6,8-14,17-19,21-23H2,1,3-5H3,(H,38,42)(H,44,45)(H,46,47)(H,48,49)/t24-,27?,28+,29+,30+,33+,34+,35+,36+/m1/s1. The van der Waals surface area contributed by atoms with Crippen LogP contribution in [0.2, 0.25) is 0 Å². The lowest BCUT2D eigenvalue weighted by atomic mass is 9.44. The summed E-state index contributed by atoms with van der Waals surface area (Å²) in [5.74, 6) is -4.44. The van der Waals surface area contributed by atoms with Gasteiger partial charge < -0.3 is 34.9 Å². The zero-order chi connectivity index (χ0) is 42.7. The van der Waals surface area contributed by atoms with Crippen LogP contribution in [0.25, 0.3) is 0 Å². The zero-order valence-electron chi connectivity index (χ0n) is 32.7. The third kappa shape index (κ3) is 10.2. The Balaban J connectivity index is 1.28. The average molecular weight is 872 g/mol. The van der Waals surface area contributed by atoms with Crippen LogP contribution in [-0.4, -0.2) is 92.2 Å². The van der Waals surface area contributed by atoms with Crippen molar-refractivity contribution >= 4 is 40.9 Å². The largest absolute Gasteiger partial charge is 0.490 e. The minimum Gasteiger partial charge on any atom is -0.390 e. The number of ketones is 2. The predicted molar refractivity (Wildman–Crippen MR) is 203 cm³/mol. The van der Waals surface area contributed by atoms with Crippen LogP contribution < -0.4 is 5.32 Å². The first-order valence-corrected chi connectivity index (χ1v) is 23.7. The summed E-state index contributed by atoms with van der Waals surface area (Å²) in [5.41, 5.74) is -6.84. The molecule has 324 valence electrons. The summed E-state index contributed by atoms with van der Waals surface area (Å²) >= 11 is 0. The van der Waals surface area contributed by atoms with Crippen LogP contribution in [0, 0.1) is 28.6 Å². The van der Waals surface area contributed by atoms with Gasteiger partial charge in [0, 0.05) is 23.3 Å². The van der Waals surface area contributed by atoms with Gasteiger partial charge in [0.1, 0.15) is 18.8 Å². The molecule has 0 saturated heterocycles. The molecule has 3 saturated carbocycles. The summed E-state index contributed by atoms with van der Waals surface area (Å²) in [6.07, 6.45) is 9.86. The number of rotatable bonds is 22. The first-order chi connectivity index (χ1) is 26.4. The lowest BCUT2D eigenvalue weighted by Crippen LogP contribution is -2.69. The van der Waals surface area contributed by atoms with Crippen molar-refractivity contribution in [3.05, 3.63) is 36.5 Å². The van der Waals surface area contributed by atoms with Gasteiger partial charge in [-0.15, -0.1) is 6.58 Å². The average Bonchev–Trinajstić information content (AvgIpc) is 3.31. The van der Waals surface area contributed by atoms with Crippen LogP contribution >= 0.6 is 23.5 Å². The molecule has 0 spiro atoms. The summed E-state index contributed by atoms with van der Waals surface area (Å²) in [7, 11) is -17.1. The number of aliphatic hydroxyl groups is 2. The molecule has 0 bridgehead atoms. The van der Waals surface area contributed by atoms with E-state index in [1.807, 2.05) is 0 Å². The van der Waals surface area contributed by atoms with E-state index < -0.39 is 101 Å². The highest BCUT2D eigenvalue weighted by molar-refractivity contribution is 7.66. The first kappa shape index (κ1) is 47.9. The van der Waals surface area contributed by atoms with Crippen LogP contribution in [0.5, 0.6) is 0 Å². The third-order valence-corrected chi connectivity index (χ3v) is 16.6. The molecule has 17 nitrogen and oxygen atoms in total. The number of phosphoric ester groups is 2. The minimum atomic E-state index is -5.92. The van der Waals surface area contributed by atoms with Gasteiger partial charge in [-0.3, -0.25) is 23.4 Å². The molecule has 0 radical (unpaired) electrons. The minimum absolute atomic E-state index is 0.130. The Morgan fingerprint density at radius 3 is 2.33 bits per heavy atom. The Hall–Kier alpha value is -1.75. The molecule has 21 heteroatoms. The van der Waals surface area contributed by atoms with Gasteiger partial charge in [0.2, 0.25) is 5.91 Å². The van der Waals surface area contributed by atoms with Crippen molar-refractivity contribution in [1.29, 1.82) is 0 Å². The number of aliphatic hydroxyl groups excluding tert-OH is 1. The van der Waals surface area contributed by atoms with Gasteiger partial charge in [0.15, 0.2) is 17.2 Å². The number of unbranched alkanes of at least 4 members (excludes halogenated alkanes) is 4. The molecule has 4 aliphatic rings. The summed E-state index contributed by atoms with van der Waals surface area (Å²) in [6.45, 7) is 7.68. The number of hydrogen-bond acceptors (Lipinski definition) is 13. The van der Waals surface area contributed by atoms with Gasteiger partial charge in [0.05, 0.1) is 18.8 Å². The van der Waals surface area contributed by atoms with Crippen molar-refractivity contribution in [2.24, 2.45) is 28.6 Å². The maximum atomic E-state index is 17.4. The molecule has 12 atom stereocenters. The van der Waals surface area contributed by atoms with E-state index in [0.29, 0.717) is 18.4 Å². The molecule has 4 aliphatic carbocycles. The van der Waals surface area contributed by atoms with Crippen LogP contribution in [0.3, 0.4) is 0 Å². The molecule has 57 heavy (non-hydrogen) atoms. The molecule has 0 heterocycles. The number of carbonyl (C=O) groups excluding carboxylic acids is 3. The van der Waals surface area contributed by atoms with Crippen molar-refractivity contribution in [2.75, 3.05) is 26.4 Å². The number of hydrogen-bond donors (Lipinski definition) is 6. The number of alkyl halides is 1.